The van der Waals surface area contributed by atoms with Gasteiger partial charge in [0.25, 0.3) is 0 Å². The van der Waals surface area contributed by atoms with Gasteiger partial charge in [0.15, 0.2) is 5.69 Å². The lowest BCUT2D eigenvalue weighted by molar-refractivity contribution is 0.459. The second kappa shape index (κ2) is 5.35. The molecule has 2 aromatic carbocycles. The molecule has 0 atom stereocenters. The number of H-pyrrole nitrogens is 1. The highest BCUT2D eigenvalue weighted by Gasteiger charge is 2.11. The van der Waals surface area contributed by atoms with Crippen LogP contribution < -0.4 is 0 Å². The molecule has 7 heteroatoms. The maximum atomic E-state index is 13.3. The molecule has 3 rings (SSSR count). The number of aromatic amines is 1. The first-order valence-electron chi connectivity index (χ1n) is 5.91. The maximum Gasteiger partial charge on any atom is 0.218 e. The zero-order valence-corrected chi connectivity index (χ0v) is 12.0. The van der Waals surface area contributed by atoms with E-state index >= 15 is 0 Å². The Morgan fingerprint density at radius 2 is 1.81 bits per heavy atom. The van der Waals surface area contributed by atoms with Crippen molar-refractivity contribution in [1.82, 2.24) is 4.98 Å². The largest absolute Gasteiger partial charge is 0.493 e. The predicted octanol–water partition coefficient (Wildman–Crippen LogP) is 5.73. The van der Waals surface area contributed by atoms with E-state index in [9.17, 15) is 9.50 Å². The van der Waals surface area contributed by atoms with E-state index in [0.29, 0.717) is 26.6 Å². The Labute approximate surface area is 128 Å². The SMILES string of the molecule is Oc1[nH]c2ccc(F)cc2c1N=Nc1ccc(Cl)c(Cl)c1. The molecule has 1 heterocycles. The molecule has 0 fully saturated rings. The summed E-state index contributed by atoms with van der Waals surface area (Å²) in [5.41, 5.74) is 1.20. The van der Waals surface area contributed by atoms with Gasteiger partial charge in [-0.25, -0.2) is 4.39 Å². The highest BCUT2D eigenvalue weighted by molar-refractivity contribution is 6.42. The summed E-state index contributed by atoms with van der Waals surface area (Å²) in [5.74, 6) is -0.605. The fraction of sp³-hybridized carbons (Fsp3) is 0. The molecule has 21 heavy (non-hydrogen) atoms. The molecular formula is C14H8Cl2FN3O. The van der Waals surface area contributed by atoms with Gasteiger partial charge in [-0.3, -0.25) is 0 Å². The van der Waals surface area contributed by atoms with Gasteiger partial charge in [0, 0.05) is 5.39 Å². The quantitative estimate of drug-likeness (QED) is 0.581. The predicted molar refractivity (Wildman–Crippen MR) is 80.6 cm³/mol. The van der Waals surface area contributed by atoms with Gasteiger partial charge < -0.3 is 10.1 Å². The van der Waals surface area contributed by atoms with Crippen LogP contribution in [0.5, 0.6) is 5.88 Å². The second-order valence-electron chi connectivity index (χ2n) is 4.31. The van der Waals surface area contributed by atoms with Crippen LogP contribution in [0.4, 0.5) is 15.8 Å². The van der Waals surface area contributed by atoms with Crippen LogP contribution in [-0.2, 0) is 0 Å². The molecule has 0 radical (unpaired) electrons. The van der Waals surface area contributed by atoms with E-state index in [0.717, 1.165) is 0 Å². The van der Waals surface area contributed by atoms with E-state index in [-0.39, 0.29) is 11.6 Å². The summed E-state index contributed by atoms with van der Waals surface area (Å²) in [4.78, 5) is 2.70. The lowest BCUT2D eigenvalue weighted by Crippen LogP contribution is -1.72. The van der Waals surface area contributed by atoms with Crippen molar-refractivity contribution in [2.24, 2.45) is 10.2 Å². The molecular weight excluding hydrogens is 316 g/mol. The molecule has 0 unspecified atom stereocenters. The van der Waals surface area contributed by atoms with Crippen LogP contribution in [0, 0.1) is 5.82 Å². The average Bonchev–Trinajstić information content (AvgIpc) is 2.75. The minimum absolute atomic E-state index is 0.163. The second-order valence-corrected chi connectivity index (χ2v) is 5.12. The Balaban J connectivity index is 2.04. The van der Waals surface area contributed by atoms with E-state index in [2.05, 4.69) is 15.2 Å². The lowest BCUT2D eigenvalue weighted by Gasteiger charge is -1.96. The first-order chi connectivity index (χ1) is 10.0. The van der Waals surface area contributed by atoms with Crippen LogP contribution in [0.1, 0.15) is 0 Å². The molecule has 0 spiro atoms. The van der Waals surface area contributed by atoms with Crippen molar-refractivity contribution in [3.63, 3.8) is 0 Å². The number of nitrogens with zero attached hydrogens (tertiary/aromatic N) is 2. The minimum Gasteiger partial charge on any atom is -0.493 e. The van der Waals surface area contributed by atoms with E-state index in [1.54, 1.807) is 18.2 Å². The molecule has 0 bridgehead atoms. The highest BCUT2D eigenvalue weighted by Crippen LogP contribution is 2.37. The van der Waals surface area contributed by atoms with Gasteiger partial charge in [-0.1, -0.05) is 23.2 Å². The van der Waals surface area contributed by atoms with E-state index in [1.165, 1.54) is 18.2 Å². The smallest absolute Gasteiger partial charge is 0.218 e. The van der Waals surface area contributed by atoms with Gasteiger partial charge >= 0.3 is 0 Å². The number of aromatic nitrogens is 1. The zero-order valence-electron chi connectivity index (χ0n) is 10.4. The number of hydrogen-bond donors (Lipinski definition) is 2. The third-order valence-electron chi connectivity index (χ3n) is 2.88. The van der Waals surface area contributed by atoms with Crippen LogP contribution in [-0.4, -0.2) is 10.1 Å². The molecule has 0 aliphatic heterocycles. The Morgan fingerprint density at radius 3 is 2.57 bits per heavy atom. The van der Waals surface area contributed by atoms with Crippen molar-refractivity contribution in [3.8, 4) is 5.88 Å². The molecule has 4 nitrogen and oxygen atoms in total. The number of fused-ring (bicyclic) bond motifs is 1. The molecule has 0 amide bonds. The van der Waals surface area contributed by atoms with Crippen molar-refractivity contribution in [1.29, 1.82) is 0 Å². The van der Waals surface area contributed by atoms with Crippen molar-refractivity contribution in [2.75, 3.05) is 0 Å². The first kappa shape index (κ1) is 13.9. The fourth-order valence-electron chi connectivity index (χ4n) is 1.89. The van der Waals surface area contributed by atoms with Crippen LogP contribution in [0.15, 0.2) is 46.6 Å². The summed E-state index contributed by atoms with van der Waals surface area (Å²) in [6.45, 7) is 0. The van der Waals surface area contributed by atoms with Crippen LogP contribution >= 0.6 is 23.2 Å². The average molecular weight is 324 g/mol. The number of rotatable bonds is 2. The van der Waals surface area contributed by atoms with Gasteiger partial charge in [-0.2, -0.15) is 5.11 Å². The summed E-state index contributed by atoms with van der Waals surface area (Å²) >= 11 is 11.7. The van der Waals surface area contributed by atoms with Crippen LogP contribution in [0.2, 0.25) is 10.0 Å². The van der Waals surface area contributed by atoms with Gasteiger partial charge in [0.1, 0.15) is 5.82 Å². The van der Waals surface area contributed by atoms with E-state index in [1.807, 2.05) is 0 Å². The maximum absolute atomic E-state index is 13.3. The summed E-state index contributed by atoms with van der Waals surface area (Å²) in [6.07, 6.45) is 0. The number of halogens is 3. The monoisotopic (exact) mass is 323 g/mol. The van der Waals surface area contributed by atoms with Gasteiger partial charge in [0.2, 0.25) is 5.88 Å². The summed E-state index contributed by atoms with van der Waals surface area (Å²) in [6, 6.07) is 8.84. The molecule has 3 aromatic rings. The van der Waals surface area contributed by atoms with Gasteiger partial charge in [-0.05, 0) is 36.4 Å². The van der Waals surface area contributed by atoms with Crippen molar-refractivity contribution >= 4 is 45.5 Å². The Bertz CT molecular complexity index is 861. The minimum atomic E-state index is -0.424. The lowest BCUT2D eigenvalue weighted by atomic mass is 10.2. The summed E-state index contributed by atoms with van der Waals surface area (Å²) in [7, 11) is 0. The first-order valence-corrected chi connectivity index (χ1v) is 6.67. The third-order valence-corrected chi connectivity index (χ3v) is 3.62. The third kappa shape index (κ3) is 2.70. The number of benzene rings is 2. The number of nitrogens with one attached hydrogen (secondary N) is 1. The number of hydrogen-bond acceptors (Lipinski definition) is 3. The topological polar surface area (TPSA) is 60.7 Å². The number of azo groups is 1. The normalized spacial score (nSPS) is 11.6. The van der Waals surface area contributed by atoms with Crippen molar-refractivity contribution < 1.29 is 9.50 Å². The van der Waals surface area contributed by atoms with E-state index < -0.39 is 5.82 Å². The molecule has 0 saturated carbocycles. The van der Waals surface area contributed by atoms with Crippen LogP contribution in [0.25, 0.3) is 10.9 Å². The molecule has 1 aromatic heterocycles. The summed E-state index contributed by atoms with van der Waals surface area (Å²) < 4.78 is 13.3. The molecule has 0 aliphatic rings. The highest BCUT2D eigenvalue weighted by atomic mass is 35.5. The Hall–Kier alpha value is -2.11. The standard InChI is InChI=1S/C14H8Cl2FN3O/c15-10-3-2-8(6-11(10)16)19-20-13-9-5-7(17)1-4-12(9)18-14(13)21/h1-6,18,21H. The molecule has 0 aliphatic carbocycles. The summed E-state index contributed by atoms with van der Waals surface area (Å²) in [5, 5.41) is 18.9. The Morgan fingerprint density at radius 1 is 1.00 bits per heavy atom. The Kier molecular flexibility index (Phi) is 3.53. The van der Waals surface area contributed by atoms with Crippen molar-refractivity contribution in [3.05, 3.63) is 52.3 Å². The van der Waals surface area contributed by atoms with Gasteiger partial charge in [0.05, 0.1) is 21.2 Å². The van der Waals surface area contributed by atoms with E-state index in [4.69, 9.17) is 23.2 Å². The van der Waals surface area contributed by atoms with Crippen LogP contribution in [0.3, 0.4) is 0 Å². The zero-order chi connectivity index (χ0) is 15.0. The number of aromatic hydroxyl groups is 1. The van der Waals surface area contributed by atoms with Gasteiger partial charge in [-0.15, -0.1) is 5.11 Å². The molecule has 106 valence electrons. The molecule has 2 N–H and O–H groups in total. The molecule has 0 saturated heterocycles. The fourth-order valence-corrected chi connectivity index (χ4v) is 2.18. The van der Waals surface area contributed by atoms with Crippen molar-refractivity contribution in [2.45, 2.75) is 0 Å².